The number of halogens is 1. The lowest BCUT2D eigenvalue weighted by Gasteiger charge is -2.21. The molecule has 0 bridgehead atoms. The predicted molar refractivity (Wildman–Crippen MR) is 95.0 cm³/mol. The lowest BCUT2D eigenvalue weighted by Crippen LogP contribution is -2.22. The fraction of sp³-hybridized carbons (Fsp3) is 0.333. The van der Waals surface area contributed by atoms with Crippen molar-refractivity contribution in [2.45, 2.75) is 36.7 Å². The van der Waals surface area contributed by atoms with Crippen molar-refractivity contribution in [2.24, 2.45) is 0 Å². The zero-order valence-corrected chi connectivity index (χ0v) is 14.8. The largest absolute Gasteiger partial charge is 0.303 e. The van der Waals surface area contributed by atoms with Crippen LogP contribution in [0.3, 0.4) is 0 Å². The quantitative estimate of drug-likeness (QED) is 0.720. The molecule has 1 aliphatic carbocycles. The molecule has 0 heterocycles. The summed E-state index contributed by atoms with van der Waals surface area (Å²) in [6, 6.07) is 16.3. The Balaban J connectivity index is 1.74. The third-order valence-corrected chi connectivity index (χ3v) is 5.77. The summed E-state index contributed by atoms with van der Waals surface area (Å²) in [7, 11) is 0. The van der Waals surface area contributed by atoms with E-state index in [0.29, 0.717) is 12.1 Å². The van der Waals surface area contributed by atoms with Gasteiger partial charge in [-0.3, -0.25) is 0 Å². The van der Waals surface area contributed by atoms with Gasteiger partial charge >= 0.3 is 0 Å². The molecule has 0 aliphatic heterocycles. The number of hydrogen-bond donors (Lipinski definition) is 1. The minimum absolute atomic E-state index is 0.371. The van der Waals surface area contributed by atoms with E-state index < -0.39 is 0 Å². The highest BCUT2D eigenvalue weighted by Crippen LogP contribution is 2.37. The van der Waals surface area contributed by atoms with E-state index in [-0.39, 0.29) is 0 Å². The maximum Gasteiger partial charge on any atom is 0.0331 e. The Bertz CT molecular complexity index is 624. The average Bonchev–Trinajstić information content (AvgIpc) is 2.92. The first-order chi connectivity index (χ1) is 10.2. The Hall–Kier alpha value is -0.770. The molecule has 21 heavy (non-hydrogen) atoms. The van der Waals surface area contributed by atoms with Gasteiger partial charge in [-0.25, -0.2) is 0 Å². The van der Waals surface area contributed by atoms with Crippen LogP contribution in [0.4, 0.5) is 0 Å². The van der Waals surface area contributed by atoms with Gasteiger partial charge in [-0.2, -0.15) is 0 Å². The van der Waals surface area contributed by atoms with Crippen LogP contribution in [0.5, 0.6) is 0 Å². The molecule has 1 nitrogen and oxygen atoms in total. The molecular formula is C18H20BrNS. The Morgan fingerprint density at radius 3 is 2.67 bits per heavy atom. The van der Waals surface area contributed by atoms with Crippen molar-refractivity contribution in [3.05, 3.63) is 63.6 Å². The number of hydrogen-bond acceptors (Lipinski definition) is 2. The summed E-state index contributed by atoms with van der Waals surface area (Å²) >= 11 is 5.46. The van der Waals surface area contributed by atoms with Crippen LogP contribution in [-0.2, 0) is 6.42 Å². The zero-order chi connectivity index (χ0) is 14.8. The molecule has 2 unspecified atom stereocenters. The van der Waals surface area contributed by atoms with Crippen LogP contribution in [-0.4, -0.2) is 6.26 Å². The van der Waals surface area contributed by atoms with E-state index in [1.165, 1.54) is 32.5 Å². The molecule has 3 rings (SSSR count). The first-order valence-electron chi connectivity index (χ1n) is 7.36. The normalized spacial score (nSPS) is 18.5. The summed E-state index contributed by atoms with van der Waals surface area (Å²) in [4.78, 5) is 1.32. The average molecular weight is 362 g/mol. The third-order valence-electron chi connectivity index (χ3n) is 4.28. The van der Waals surface area contributed by atoms with Crippen molar-refractivity contribution in [3.63, 3.8) is 0 Å². The molecule has 0 aromatic heterocycles. The summed E-state index contributed by atoms with van der Waals surface area (Å²) in [6.07, 6.45) is 4.46. The summed E-state index contributed by atoms with van der Waals surface area (Å²) < 4.78 is 1.25. The van der Waals surface area contributed by atoms with Crippen molar-refractivity contribution < 1.29 is 0 Å². The van der Waals surface area contributed by atoms with E-state index in [0.717, 1.165) is 6.42 Å². The molecule has 110 valence electrons. The van der Waals surface area contributed by atoms with Crippen molar-refractivity contribution in [1.29, 1.82) is 0 Å². The Morgan fingerprint density at radius 1 is 1.19 bits per heavy atom. The Morgan fingerprint density at radius 2 is 1.95 bits per heavy atom. The molecule has 2 aromatic rings. The van der Waals surface area contributed by atoms with Gasteiger partial charge in [-0.05, 0) is 60.9 Å². The number of nitrogens with one attached hydrogen (secondary N) is 1. The van der Waals surface area contributed by atoms with Gasteiger partial charge in [0, 0.05) is 21.5 Å². The second-order valence-electron chi connectivity index (χ2n) is 5.56. The van der Waals surface area contributed by atoms with Crippen LogP contribution in [0.25, 0.3) is 0 Å². The maximum absolute atomic E-state index is 3.79. The van der Waals surface area contributed by atoms with Crippen LogP contribution in [0.15, 0.2) is 51.8 Å². The van der Waals surface area contributed by atoms with E-state index in [1.54, 1.807) is 11.8 Å². The van der Waals surface area contributed by atoms with Crippen LogP contribution in [0.2, 0.25) is 0 Å². The zero-order valence-electron chi connectivity index (χ0n) is 12.4. The van der Waals surface area contributed by atoms with E-state index in [4.69, 9.17) is 0 Å². The van der Waals surface area contributed by atoms with E-state index in [2.05, 4.69) is 76.9 Å². The van der Waals surface area contributed by atoms with Gasteiger partial charge in [-0.1, -0.05) is 40.2 Å². The smallest absolute Gasteiger partial charge is 0.0331 e. The monoisotopic (exact) mass is 361 g/mol. The molecule has 0 fully saturated rings. The SMILES string of the molecule is CSc1ccc(C(C)NC2CCc3c(Br)cccc32)cc1. The topological polar surface area (TPSA) is 12.0 Å². The molecule has 0 spiro atoms. The lowest BCUT2D eigenvalue weighted by molar-refractivity contribution is 0.465. The van der Waals surface area contributed by atoms with E-state index in [1.807, 2.05) is 0 Å². The fourth-order valence-electron chi connectivity index (χ4n) is 3.07. The second kappa shape index (κ2) is 6.55. The first-order valence-corrected chi connectivity index (χ1v) is 9.38. The van der Waals surface area contributed by atoms with Gasteiger partial charge in [0.2, 0.25) is 0 Å². The molecular weight excluding hydrogens is 342 g/mol. The third kappa shape index (κ3) is 3.20. The summed E-state index contributed by atoms with van der Waals surface area (Å²) in [6.45, 7) is 2.25. The number of fused-ring (bicyclic) bond motifs is 1. The van der Waals surface area contributed by atoms with Crippen molar-refractivity contribution in [1.82, 2.24) is 5.32 Å². The van der Waals surface area contributed by atoms with Crippen LogP contribution < -0.4 is 5.32 Å². The first kappa shape index (κ1) is 15.1. The van der Waals surface area contributed by atoms with Gasteiger partial charge in [0.1, 0.15) is 0 Å². The van der Waals surface area contributed by atoms with Gasteiger partial charge < -0.3 is 5.32 Å². The lowest BCUT2D eigenvalue weighted by atomic mass is 10.0. The minimum Gasteiger partial charge on any atom is -0.303 e. The number of thioether (sulfide) groups is 1. The molecule has 0 saturated heterocycles. The van der Waals surface area contributed by atoms with Crippen molar-refractivity contribution in [3.8, 4) is 0 Å². The molecule has 3 heteroatoms. The van der Waals surface area contributed by atoms with Crippen LogP contribution >= 0.6 is 27.7 Å². The van der Waals surface area contributed by atoms with E-state index >= 15 is 0 Å². The maximum atomic E-state index is 3.79. The standard InChI is InChI=1S/C18H20BrNS/c1-12(13-6-8-14(21-2)9-7-13)20-18-11-10-15-16(18)4-3-5-17(15)19/h3-9,12,18,20H,10-11H2,1-2H3. The second-order valence-corrected chi connectivity index (χ2v) is 7.29. The molecule has 0 saturated carbocycles. The minimum atomic E-state index is 0.371. The molecule has 2 atom stereocenters. The Kier molecular flexibility index (Phi) is 4.72. The van der Waals surface area contributed by atoms with Gasteiger partial charge in [0.25, 0.3) is 0 Å². The highest BCUT2D eigenvalue weighted by Gasteiger charge is 2.25. The summed E-state index contributed by atoms with van der Waals surface area (Å²) in [5, 5.41) is 3.79. The molecule has 0 amide bonds. The number of benzene rings is 2. The van der Waals surface area contributed by atoms with Gasteiger partial charge in [0.15, 0.2) is 0 Å². The highest BCUT2D eigenvalue weighted by atomic mass is 79.9. The van der Waals surface area contributed by atoms with E-state index in [9.17, 15) is 0 Å². The van der Waals surface area contributed by atoms with Crippen molar-refractivity contribution >= 4 is 27.7 Å². The summed E-state index contributed by atoms with van der Waals surface area (Å²) in [5.41, 5.74) is 4.29. The predicted octanol–water partition coefficient (Wildman–Crippen LogP) is 5.51. The van der Waals surface area contributed by atoms with Crippen molar-refractivity contribution in [2.75, 3.05) is 6.26 Å². The van der Waals surface area contributed by atoms with Crippen LogP contribution in [0.1, 0.15) is 42.1 Å². The Labute approximate surface area is 139 Å². The summed E-state index contributed by atoms with van der Waals surface area (Å²) in [5.74, 6) is 0. The molecule has 0 radical (unpaired) electrons. The van der Waals surface area contributed by atoms with Crippen LogP contribution in [0, 0.1) is 0 Å². The van der Waals surface area contributed by atoms with Gasteiger partial charge in [-0.15, -0.1) is 11.8 Å². The van der Waals surface area contributed by atoms with Gasteiger partial charge in [0.05, 0.1) is 0 Å². The molecule has 1 N–H and O–H groups in total. The number of rotatable bonds is 4. The highest BCUT2D eigenvalue weighted by molar-refractivity contribution is 9.10. The fourth-order valence-corrected chi connectivity index (χ4v) is 4.06. The molecule has 1 aliphatic rings. The molecule has 2 aromatic carbocycles.